The number of fused-ring (bicyclic) bond motifs is 1. The number of hydrogen-bond donors (Lipinski definition) is 2. The van der Waals surface area contributed by atoms with Gasteiger partial charge in [0, 0.05) is 19.3 Å². The Balaban J connectivity index is 2.14. The smallest absolute Gasteiger partial charge is 0.224 e. The van der Waals surface area contributed by atoms with Gasteiger partial charge in [-0.2, -0.15) is 4.98 Å². The highest BCUT2D eigenvalue weighted by Gasteiger charge is 2.22. The van der Waals surface area contributed by atoms with Gasteiger partial charge >= 0.3 is 0 Å². The second-order valence-corrected chi connectivity index (χ2v) is 4.48. The Bertz CT molecular complexity index is 565. The van der Waals surface area contributed by atoms with Crippen molar-refractivity contribution in [3.8, 4) is 0 Å². The summed E-state index contributed by atoms with van der Waals surface area (Å²) in [6.45, 7) is 1.46. The molecule has 1 aliphatic heterocycles. The van der Waals surface area contributed by atoms with Gasteiger partial charge in [-0.15, -0.1) is 0 Å². The zero-order valence-corrected chi connectivity index (χ0v) is 10.4. The predicted octanol–water partition coefficient (Wildman–Crippen LogP) is 1.12. The van der Waals surface area contributed by atoms with Crippen LogP contribution in [-0.4, -0.2) is 32.7 Å². The second kappa shape index (κ2) is 4.68. The van der Waals surface area contributed by atoms with Crippen LogP contribution < -0.4 is 11.3 Å². The van der Waals surface area contributed by atoms with Crippen molar-refractivity contribution in [2.24, 2.45) is 5.84 Å². The monoisotopic (exact) mass is 268 g/mol. The molecule has 3 heterocycles. The molecular formula is C10H13ClN6O. The van der Waals surface area contributed by atoms with Crippen molar-refractivity contribution in [1.82, 2.24) is 19.5 Å². The van der Waals surface area contributed by atoms with Gasteiger partial charge in [0.15, 0.2) is 5.65 Å². The number of ether oxygens (including phenoxy) is 1. The molecule has 18 heavy (non-hydrogen) atoms. The van der Waals surface area contributed by atoms with Crippen molar-refractivity contribution < 1.29 is 4.74 Å². The summed E-state index contributed by atoms with van der Waals surface area (Å²) in [5.74, 6) is 6.09. The topological polar surface area (TPSA) is 90.9 Å². The van der Waals surface area contributed by atoms with E-state index in [9.17, 15) is 0 Å². The van der Waals surface area contributed by atoms with E-state index in [0.29, 0.717) is 17.1 Å². The van der Waals surface area contributed by atoms with Crippen LogP contribution in [-0.2, 0) is 4.74 Å². The summed E-state index contributed by atoms with van der Waals surface area (Å²) in [6, 6.07) is 0.265. The lowest BCUT2D eigenvalue weighted by molar-refractivity contribution is 0.0709. The molecule has 2 aromatic heterocycles. The quantitative estimate of drug-likeness (QED) is 0.482. The normalized spacial score (nSPS) is 17.2. The fraction of sp³-hybridized carbons (Fsp3) is 0.500. The van der Waals surface area contributed by atoms with Gasteiger partial charge in [0.2, 0.25) is 11.2 Å². The molecule has 0 aromatic carbocycles. The van der Waals surface area contributed by atoms with Crippen molar-refractivity contribution in [2.75, 3.05) is 18.6 Å². The Morgan fingerprint density at radius 2 is 2.17 bits per heavy atom. The highest BCUT2D eigenvalue weighted by atomic mass is 35.5. The van der Waals surface area contributed by atoms with Crippen molar-refractivity contribution in [3.63, 3.8) is 0 Å². The van der Waals surface area contributed by atoms with Crippen LogP contribution in [0.2, 0.25) is 5.28 Å². The first-order valence-electron chi connectivity index (χ1n) is 5.74. The number of hydrazine groups is 1. The molecule has 3 rings (SSSR count). The summed E-state index contributed by atoms with van der Waals surface area (Å²) in [5.41, 5.74) is 3.98. The molecule has 1 fully saturated rings. The Morgan fingerprint density at radius 1 is 1.39 bits per heavy atom. The number of hydrogen-bond acceptors (Lipinski definition) is 6. The average Bonchev–Trinajstić information content (AvgIpc) is 2.77. The standard InChI is InChI=1S/C10H13ClN6O/c11-9-13-5-7-8(15-9)17(10(14-7)16-12)6-1-3-18-4-2-6/h5-6H,1-4,12H2,(H,14,16). The van der Waals surface area contributed by atoms with Crippen LogP contribution in [0.25, 0.3) is 11.2 Å². The van der Waals surface area contributed by atoms with E-state index in [2.05, 4.69) is 20.4 Å². The maximum atomic E-state index is 5.84. The molecule has 0 saturated carbocycles. The lowest BCUT2D eigenvalue weighted by atomic mass is 10.1. The summed E-state index contributed by atoms with van der Waals surface area (Å²) in [7, 11) is 0. The first-order chi connectivity index (χ1) is 8.79. The predicted molar refractivity (Wildman–Crippen MR) is 67.2 cm³/mol. The van der Waals surface area contributed by atoms with E-state index in [-0.39, 0.29) is 11.3 Å². The van der Waals surface area contributed by atoms with Crippen molar-refractivity contribution >= 4 is 28.7 Å². The highest BCUT2D eigenvalue weighted by Crippen LogP contribution is 2.29. The first kappa shape index (κ1) is 11.6. The van der Waals surface area contributed by atoms with Gasteiger partial charge in [0.25, 0.3) is 0 Å². The van der Waals surface area contributed by atoms with Crippen LogP contribution >= 0.6 is 11.6 Å². The third kappa shape index (κ3) is 1.90. The number of nitrogen functional groups attached to an aromatic ring is 1. The summed E-state index contributed by atoms with van der Waals surface area (Å²) in [5, 5.41) is 0.208. The lowest BCUT2D eigenvalue weighted by Gasteiger charge is -2.24. The molecule has 0 atom stereocenters. The SMILES string of the molecule is NNc1nc2cnc(Cl)nc2n1C1CCOCC1. The Kier molecular flexibility index (Phi) is 3.02. The van der Waals surface area contributed by atoms with Crippen molar-refractivity contribution in [3.05, 3.63) is 11.5 Å². The van der Waals surface area contributed by atoms with Crippen LogP contribution in [0.4, 0.5) is 5.95 Å². The van der Waals surface area contributed by atoms with Gasteiger partial charge < -0.3 is 4.74 Å². The minimum absolute atomic E-state index is 0.208. The van der Waals surface area contributed by atoms with Crippen LogP contribution in [0.1, 0.15) is 18.9 Å². The van der Waals surface area contributed by atoms with Gasteiger partial charge in [-0.05, 0) is 24.4 Å². The number of nitrogens with zero attached hydrogens (tertiary/aromatic N) is 4. The first-order valence-corrected chi connectivity index (χ1v) is 6.12. The minimum Gasteiger partial charge on any atom is -0.381 e. The molecule has 0 spiro atoms. The molecule has 0 bridgehead atoms. The van der Waals surface area contributed by atoms with Gasteiger partial charge in [0.1, 0.15) is 5.52 Å². The minimum atomic E-state index is 0.208. The van der Waals surface area contributed by atoms with Gasteiger partial charge in [0.05, 0.1) is 6.20 Å². The van der Waals surface area contributed by atoms with Gasteiger partial charge in [-0.3, -0.25) is 9.99 Å². The summed E-state index contributed by atoms with van der Waals surface area (Å²) < 4.78 is 7.34. The van der Waals surface area contributed by atoms with Crippen LogP contribution in [0.15, 0.2) is 6.20 Å². The van der Waals surface area contributed by atoms with Gasteiger partial charge in [-0.25, -0.2) is 15.8 Å². The summed E-state index contributed by atoms with van der Waals surface area (Å²) in [6.07, 6.45) is 3.41. The molecule has 1 aliphatic rings. The zero-order valence-electron chi connectivity index (χ0n) is 9.64. The molecule has 0 unspecified atom stereocenters. The number of rotatable bonds is 2. The van der Waals surface area contributed by atoms with E-state index in [0.717, 1.165) is 26.1 Å². The lowest BCUT2D eigenvalue weighted by Crippen LogP contribution is -2.23. The summed E-state index contributed by atoms with van der Waals surface area (Å²) >= 11 is 5.84. The molecule has 0 amide bonds. The van der Waals surface area contributed by atoms with E-state index < -0.39 is 0 Å². The third-order valence-electron chi connectivity index (χ3n) is 3.09. The molecule has 2 aromatic rings. The Labute approximate surface area is 108 Å². The maximum Gasteiger partial charge on any atom is 0.224 e. The Morgan fingerprint density at radius 3 is 2.89 bits per heavy atom. The highest BCUT2D eigenvalue weighted by molar-refractivity contribution is 6.28. The van der Waals surface area contributed by atoms with E-state index in [1.54, 1.807) is 6.20 Å². The molecule has 0 aliphatic carbocycles. The molecule has 8 heteroatoms. The number of imidazole rings is 1. The molecular weight excluding hydrogens is 256 g/mol. The van der Waals surface area contributed by atoms with E-state index >= 15 is 0 Å². The second-order valence-electron chi connectivity index (χ2n) is 4.14. The van der Waals surface area contributed by atoms with E-state index in [1.807, 2.05) is 4.57 Å². The summed E-state index contributed by atoms with van der Waals surface area (Å²) in [4.78, 5) is 12.5. The maximum absolute atomic E-state index is 5.84. The van der Waals surface area contributed by atoms with Gasteiger partial charge in [-0.1, -0.05) is 0 Å². The number of anilines is 1. The van der Waals surface area contributed by atoms with E-state index in [1.165, 1.54) is 0 Å². The fourth-order valence-corrected chi connectivity index (χ4v) is 2.39. The molecule has 7 nitrogen and oxygen atoms in total. The zero-order chi connectivity index (χ0) is 12.5. The molecule has 96 valence electrons. The molecule has 3 N–H and O–H groups in total. The number of aromatic nitrogens is 4. The van der Waals surface area contributed by atoms with Crippen molar-refractivity contribution in [1.29, 1.82) is 0 Å². The average molecular weight is 269 g/mol. The van der Waals surface area contributed by atoms with E-state index in [4.69, 9.17) is 22.2 Å². The Hall–Kier alpha value is -1.44. The number of nitrogens with two attached hydrogens (primary N) is 1. The number of halogens is 1. The third-order valence-corrected chi connectivity index (χ3v) is 3.27. The number of nitrogens with one attached hydrogen (secondary N) is 1. The molecule has 0 radical (unpaired) electrons. The van der Waals surface area contributed by atoms with Crippen LogP contribution in [0.5, 0.6) is 0 Å². The largest absolute Gasteiger partial charge is 0.381 e. The van der Waals surface area contributed by atoms with Crippen LogP contribution in [0, 0.1) is 0 Å². The van der Waals surface area contributed by atoms with Crippen LogP contribution in [0.3, 0.4) is 0 Å². The van der Waals surface area contributed by atoms with Crippen molar-refractivity contribution in [2.45, 2.75) is 18.9 Å². The fourth-order valence-electron chi connectivity index (χ4n) is 2.26. The molecule has 1 saturated heterocycles.